The average molecular weight is 294 g/mol. The van der Waals surface area contributed by atoms with E-state index in [1.807, 2.05) is 18.2 Å². The summed E-state index contributed by atoms with van der Waals surface area (Å²) in [5.74, 6) is 0. The molecule has 0 N–H and O–H groups in total. The fourth-order valence-corrected chi connectivity index (χ4v) is 2.86. The van der Waals surface area contributed by atoms with Gasteiger partial charge in [-0.15, -0.1) is 0 Å². The molecule has 0 spiro atoms. The molecule has 1 aliphatic heterocycles. The number of ether oxygens (including phenoxy) is 3. The molecular formula is C15H18O4S. The summed E-state index contributed by atoms with van der Waals surface area (Å²) in [5.41, 5.74) is 0.112. The van der Waals surface area contributed by atoms with Crippen LogP contribution in [0.25, 0.3) is 0 Å². The lowest BCUT2D eigenvalue weighted by molar-refractivity contribution is -0.0493. The standard InChI is InChI=1S/C15H18O4S/c1-2-10-17-15(16)19-12-8-9-14(18-11-12)20-13-6-4-3-5-7-13/h2-7,12,14H,1,8-11H2. The summed E-state index contributed by atoms with van der Waals surface area (Å²) in [5, 5.41) is 0. The van der Waals surface area contributed by atoms with E-state index in [1.54, 1.807) is 11.8 Å². The highest BCUT2D eigenvalue weighted by Gasteiger charge is 2.25. The second kappa shape index (κ2) is 7.97. The van der Waals surface area contributed by atoms with E-state index >= 15 is 0 Å². The molecule has 2 rings (SSSR count). The molecule has 0 aliphatic carbocycles. The fraction of sp³-hybridized carbons (Fsp3) is 0.400. The third kappa shape index (κ3) is 4.90. The van der Waals surface area contributed by atoms with Crippen LogP contribution in [-0.2, 0) is 14.2 Å². The Balaban J connectivity index is 1.70. The van der Waals surface area contributed by atoms with E-state index in [0.29, 0.717) is 6.61 Å². The molecule has 108 valence electrons. The molecule has 4 nitrogen and oxygen atoms in total. The van der Waals surface area contributed by atoms with Gasteiger partial charge in [-0.1, -0.05) is 42.6 Å². The third-order valence-corrected chi connectivity index (χ3v) is 3.96. The number of hydrogen-bond donors (Lipinski definition) is 0. The first-order valence-corrected chi connectivity index (χ1v) is 7.43. The summed E-state index contributed by atoms with van der Waals surface area (Å²) in [6.07, 6.45) is 2.25. The zero-order valence-electron chi connectivity index (χ0n) is 11.2. The molecule has 1 fully saturated rings. The maximum absolute atomic E-state index is 11.3. The van der Waals surface area contributed by atoms with Gasteiger partial charge in [-0.05, 0) is 25.0 Å². The minimum atomic E-state index is -0.660. The van der Waals surface area contributed by atoms with Gasteiger partial charge in [-0.25, -0.2) is 4.79 Å². The van der Waals surface area contributed by atoms with Crippen molar-refractivity contribution in [1.29, 1.82) is 0 Å². The van der Waals surface area contributed by atoms with Gasteiger partial charge >= 0.3 is 6.16 Å². The number of carbonyl (C=O) groups excluding carboxylic acids is 1. The van der Waals surface area contributed by atoms with E-state index < -0.39 is 6.16 Å². The first kappa shape index (κ1) is 14.9. The molecule has 0 bridgehead atoms. The van der Waals surface area contributed by atoms with E-state index in [0.717, 1.165) is 12.8 Å². The molecule has 2 atom stereocenters. The molecule has 0 radical (unpaired) electrons. The van der Waals surface area contributed by atoms with Gasteiger partial charge in [-0.2, -0.15) is 0 Å². The fourth-order valence-electron chi connectivity index (χ4n) is 1.84. The van der Waals surface area contributed by atoms with Crippen molar-refractivity contribution in [3.05, 3.63) is 43.0 Å². The Bertz CT molecular complexity index is 427. The number of carbonyl (C=O) groups is 1. The predicted octanol–water partition coefficient (Wildman–Crippen LogP) is 3.62. The number of hydrogen-bond acceptors (Lipinski definition) is 5. The van der Waals surface area contributed by atoms with Crippen molar-refractivity contribution in [3.8, 4) is 0 Å². The molecule has 5 heteroatoms. The number of benzene rings is 1. The maximum atomic E-state index is 11.3. The van der Waals surface area contributed by atoms with E-state index in [4.69, 9.17) is 14.2 Å². The molecule has 1 heterocycles. The molecule has 1 aromatic carbocycles. The van der Waals surface area contributed by atoms with Crippen molar-refractivity contribution >= 4 is 17.9 Å². The molecule has 2 unspecified atom stereocenters. The first-order chi connectivity index (χ1) is 9.78. The number of thioether (sulfide) groups is 1. The SMILES string of the molecule is C=CCOC(=O)OC1CCC(Sc2ccccc2)OC1. The van der Waals surface area contributed by atoms with Gasteiger partial charge in [0.05, 0.1) is 6.61 Å². The molecule has 0 amide bonds. The van der Waals surface area contributed by atoms with Gasteiger partial charge in [0.25, 0.3) is 0 Å². The first-order valence-electron chi connectivity index (χ1n) is 6.55. The maximum Gasteiger partial charge on any atom is 0.508 e. The van der Waals surface area contributed by atoms with Crippen molar-refractivity contribution in [3.63, 3.8) is 0 Å². The molecule has 1 aromatic rings. The van der Waals surface area contributed by atoms with Gasteiger partial charge in [0.15, 0.2) is 0 Å². The Labute approximate surface area is 123 Å². The Kier molecular flexibility index (Phi) is 5.95. The molecule has 0 aromatic heterocycles. The van der Waals surface area contributed by atoms with Crippen molar-refractivity contribution in [2.45, 2.75) is 29.3 Å². The Morgan fingerprint density at radius 1 is 1.40 bits per heavy atom. The van der Waals surface area contributed by atoms with Crippen molar-refractivity contribution in [2.75, 3.05) is 13.2 Å². The van der Waals surface area contributed by atoms with Crippen LogP contribution in [0.5, 0.6) is 0 Å². The van der Waals surface area contributed by atoms with Crippen LogP contribution in [0.15, 0.2) is 47.9 Å². The summed E-state index contributed by atoms with van der Waals surface area (Å²) in [6, 6.07) is 10.1. The highest BCUT2D eigenvalue weighted by atomic mass is 32.2. The highest BCUT2D eigenvalue weighted by molar-refractivity contribution is 7.99. The van der Waals surface area contributed by atoms with Crippen LogP contribution in [0.4, 0.5) is 4.79 Å². The van der Waals surface area contributed by atoms with E-state index in [2.05, 4.69) is 18.7 Å². The smallest absolute Gasteiger partial charge is 0.430 e. The lowest BCUT2D eigenvalue weighted by atomic mass is 10.2. The van der Waals surface area contributed by atoms with Crippen molar-refractivity contribution in [2.24, 2.45) is 0 Å². The van der Waals surface area contributed by atoms with Gasteiger partial charge in [0.1, 0.15) is 18.1 Å². The monoisotopic (exact) mass is 294 g/mol. The summed E-state index contributed by atoms with van der Waals surface area (Å²) in [4.78, 5) is 12.5. The van der Waals surface area contributed by atoms with Crippen LogP contribution in [0.3, 0.4) is 0 Å². The quantitative estimate of drug-likeness (QED) is 0.613. The summed E-state index contributed by atoms with van der Waals surface area (Å²) < 4.78 is 15.6. The van der Waals surface area contributed by atoms with Crippen molar-refractivity contribution < 1.29 is 19.0 Å². The third-order valence-electron chi connectivity index (χ3n) is 2.79. The normalized spacial score (nSPS) is 22.0. The van der Waals surface area contributed by atoms with Crippen LogP contribution in [0, 0.1) is 0 Å². The largest absolute Gasteiger partial charge is 0.508 e. The Morgan fingerprint density at radius 2 is 2.20 bits per heavy atom. The summed E-state index contributed by atoms with van der Waals surface area (Å²) in [6.45, 7) is 4.05. The highest BCUT2D eigenvalue weighted by Crippen LogP contribution is 2.30. The lowest BCUT2D eigenvalue weighted by Gasteiger charge is -2.28. The second-order valence-electron chi connectivity index (χ2n) is 4.36. The Morgan fingerprint density at radius 3 is 2.85 bits per heavy atom. The molecule has 1 aliphatic rings. The minimum Gasteiger partial charge on any atom is -0.430 e. The average Bonchev–Trinajstić information content (AvgIpc) is 2.48. The summed E-state index contributed by atoms with van der Waals surface area (Å²) >= 11 is 1.69. The molecule has 20 heavy (non-hydrogen) atoms. The molecular weight excluding hydrogens is 276 g/mol. The molecule has 0 saturated carbocycles. The zero-order chi connectivity index (χ0) is 14.2. The van der Waals surface area contributed by atoms with E-state index in [9.17, 15) is 4.79 Å². The van der Waals surface area contributed by atoms with Crippen molar-refractivity contribution in [1.82, 2.24) is 0 Å². The topological polar surface area (TPSA) is 44.8 Å². The van der Waals surface area contributed by atoms with Crippen LogP contribution in [0.2, 0.25) is 0 Å². The van der Waals surface area contributed by atoms with Crippen LogP contribution >= 0.6 is 11.8 Å². The van der Waals surface area contributed by atoms with E-state index in [1.165, 1.54) is 11.0 Å². The van der Waals surface area contributed by atoms with Crippen LogP contribution < -0.4 is 0 Å². The predicted molar refractivity (Wildman–Crippen MR) is 77.7 cm³/mol. The molecule has 1 saturated heterocycles. The number of rotatable bonds is 5. The van der Waals surface area contributed by atoms with Gasteiger partial charge in [-0.3, -0.25) is 0 Å². The summed E-state index contributed by atoms with van der Waals surface area (Å²) in [7, 11) is 0. The van der Waals surface area contributed by atoms with Crippen LogP contribution in [0.1, 0.15) is 12.8 Å². The van der Waals surface area contributed by atoms with Gasteiger partial charge in [0.2, 0.25) is 0 Å². The van der Waals surface area contributed by atoms with Gasteiger partial charge < -0.3 is 14.2 Å². The minimum absolute atomic E-state index is 0.112. The Hall–Kier alpha value is -1.46. The lowest BCUT2D eigenvalue weighted by Crippen LogP contribution is -2.31. The van der Waals surface area contributed by atoms with Crippen LogP contribution in [-0.4, -0.2) is 30.9 Å². The van der Waals surface area contributed by atoms with Gasteiger partial charge in [0, 0.05) is 4.90 Å². The van der Waals surface area contributed by atoms with E-state index in [-0.39, 0.29) is 18.1 Å². The second-order valence-corrected chi connectivity index (χ2v) is 5.59. The zero-order valence-corrected chi connectivity index (χ0v) is 12.0.